The zero-order valence-electron chi connectivity index (χ0n) is 14.8. The topological polar surface area (TPSA) is 54.0 Å². The molecule has 4 rings (SSSR count). The van der Waals surface area contributed by atoms with Crippen LogP contribution in [0.2, 0.25) is 0 Å². The van der Waals surface area contributed by atoms with E-state index in [1.165, 1.54) is 0 Å². The van der Waals surface area contributed by atoms with Crippen molar-refractivity contribution in [1.29, 1.82) is 0 Å². The number of benzene rings is 1. The van der Waals surface area contributed by atoms with Crippen molar-refractivity contribution in [3.05, 3.63) is 40.9 Å². The molecular formula is C20H25N3OS. The van der Waals surface area contributed by atoms with Crippen LogP contribution in [0.3, 0.4) is 0 Å². The molecule has 2 unspecified atom stereocenters. The van der Waals surface area contributed by atoms with Gasteiger partial charge in [0.1, 0.15) is 5.01 Å². The lowest BCUT2D eigenvalue weighted by Gasteiger charge is -2.23. The molecule has 132 valence electrons. The molecule has 1 aromatic carbocycles. The second-order valence-corrected chi connectivity index (χ2v) is 8.46. The number of nitrogens with zero attached hydrogens (tertiary/aromatic N) is 1. The molecule has 2 heterocycles. The third-order valence-electron chi connectivity index (χ3n) is 5.71. The third kappa shape index (κ3) is 3.23. The van der Waals surface area contributed by atoms with E-state index >= 15 is 0 Å². The minimum Gasteiger partial charge on any atom is -0.348 e. The van der Waals surface area contributed by atoms with Gasteiger partial charge in [-0.25, -0.2) is 4.98 Å². The minimum atomic E-state index is 0.0156. The van der Waals surface area contributed by atoms with Crippen molar-refractivity contribution < 1.29 is 4.79 Å². The van der Waals surface area contributed by atoms with Gasteiger partial charge in [0.2, 0.25) is 5.91 Å². The maximum absolute atomic E-state index is 12.7. The van der Waals surface area contributed by atoms with Crippen molar-refractivity contribution in [2.75, 3.05) is 13.1 Å². The van der Waals surface area contributed by atoms with Crippen molar-refractivity contribution in [2.24, 2.45) is 11.3 Å². The Kier molecular flexibility index (Phi) is 4.38. The second kappa shape index (κ2) is 6.54. The number of aromatic nitrogens is 1. The number of thiazole rings is 1. The van der Waals surface area contributed by atoms with Crippen molar-refractivity contribution >= 4 is 17.2 Å². The largest absolute Gasteiger partial charge is 0.348 e. The van der Waals surface area contributed by atoms with Gasteiger partial charge < -0.3 is 10.6 Å². The molecule has 1 saturated carbocycles. The maximum atomic E-state index is 12.7. The average Bonchev–Trinajstić information content (AvgIpc) is 3.17. The van der Waals surface area contributed by atoms with E-state index < -0.39 is 0 Å². The van der Waals surface area contributed by atoms with Crippen molar-refractivity contribution in [3.63, 3.8) is 0 Å². The Morgan fingerprint density at radius 1 is 1.32 bits per heavy atom. The van der Waals surface area contributed by atoms with Gasteiger partial charge in [0.25, 0.3) is 0 Å². The third-order valence-corrected chi connectivity index (χ3v) is 7.10. The summed E-state index contributed by atoms with van der Waals surface area (Å²) in [5.74, 6) is 0.433. The van der Waals surface area contributed by atoms with E-state index in [1.54, 1.807) is 11.3 Å². The van der Waals surface area contributed by atoms with Crippen LogP contribution in [-0.2, 0) is 4.79 Å². The van der Waals surface area contributed by atoms with E-state index in [0.717, 1.165) is 53.5 Å². The summed E-state index contributed by atoms with van der Waals surface area (Å²) in [6.45, 7) is 6.21. The summed E-state index contributed by atoms with van der Waals surface area (Å²) in [7, 11) is 0. The first-order chi connectivity index (χ1) is 12.1. The molecule has 1 aliphatic carbocycles. The molecule has 5 heteroatoms. The van der Waals surface area contributed by atoms with Gasteiger partial charge in [0.05, 0.1) is 16.6 Å². The van der Waals surface area contributed by atoms with Gasteiger partial charge in [-0.15, -0.1) is 11.3 Å². The Bertz CT molecular complexity index is 765. The van der Waals surface area contributed by atoms with Gasteiger partial charge in [-0.1, -0.05) is 30.3 Å². The minimum absolute atomic E-state index is 0.0156. The first-order valence-electron chi connectivity index (χ1n) is 9.13. The Balaban J connectivity index is 1.44. The number of amides is 1. The lowest BCUT2D eigenvalue weighted by atomic mass is 9.91. The SMILES string of the molecule is Cc1nc(-c2ccccc2)sc1C(C)NC(=O)C1CC12CCNCC2. The summed E-state index contributed by atoms with van der Waals surface area (Å²) in [5.41, 5.74) is 2.44. The molecule has 1 aromatic heterocycles. The molecule has 0 bridgehead atoms. The highest BCUT2D eigenvalue weighted by Crippen LogP contribution is 2.58. The summed E-state index contributed by atoms with van der Waals surface area (Å²) in [4.78, 5) is 18.6. The van der Waals surface area contributed by atoms with Crippen LogP contribution in [0.5, 0.6) is 0 Å². The zero-order chi connectivity index (χ0) is 17.4. The van der Waals surface area contributed by atoms with Crippen LogP contribution in [0.1, 0.15) is 42.8 Å². The zero-order valence-corrected chi connectivity index (χ0v) is 15.7. The van der Waals surface area contributed by atoms with Crippen LogP contribution >= 0.6 is 11.3 Å². The fraction of sp³-hybridized carbons (Fsp3) is 0.500. The van der Waals surface area contributed by atoms with Gasteiger partial charge in [-0.2, -0.15) is 0 Å². The first-order valence-corrected chi connectivity index (χ1v) is 9.94. The molecule has 2 atom stereocenters. The Hall–Kier alpha value is -1.72. The molecule has 2 fully saturated rings. The highest BCUT2D eigenvalue weighted by molar-refractivity contribution is 7.15. The van der Waals surface area contributed by atoms with E-state index in [0.29, 0.717) is 0 Å². The van der Waals surface area contributed by atoms with Crippen LogP contribution in [0.4, 0.5) is 0 Å². The van der Waals surface area contributed by atoms with Crippen LogP contribution in [0.15, 0.2) is 30.3 Å². The Morgan fingerprint density at radius 2 is 2.04 bits per heavy atom. The fourth-order valence-electron chi connectivity index (χ4n) is 4.09. The molecule has 2 aliphatic rings. The van der Waals surface area contributed by atoms with E-state index in [1.807, 2.05) is 25.1 Å². The number of rotatable bonds is 4. The highest BCUT2D eigenvalue weighted by atomic mass is 32.1. The molecule has 2 N–H and O–H groups in total. The molecule has 1 spiro atoms. The number of carbonyl (C=O) groups is 1. The van der Waals surface area contributed by atoms with E-state index in [4.69, 9.17) is 4.98 Å². The average molecular weight is 356 g/mol. The molecule has 2 aromatic rings. The number of hydrogen-bond donors (Lipinski definition) is 2. The number of nitrogens with one attached hydrogen (secondary N) is 2. The number of hydrogen-bond acceptors (Lipinski definition) is 4. The predicted molar refractivity (Wildman–Crippen MR) is 101 cm³/mol. The van der Waals surface area contributed by atoms with Crippen molar-refractivity contribution in [3.8, 4) is 10.6 Å². The summed E-state index contributed by atoms with van der Waals surface area (Å²) >= 11 is 1.69. The van der Waals surface area contributed by atoms with Gasteiger partial charge in [0, 0.05) is 11.5 Å². The molecule has 0 radical (unpaired) electrons. The summed E-state index contributed by atoms with van der Waals surface area (Å²) in [6.07, 6.45) is 3.33. The van der Waals surface area contributed by atoms with Gasteiger partial charge in [-0.05, 0) is 51.6 Å². The van der Waals surface area contributed by atoms with Crippen molar-refractivity contribution in [1.82, 2.24) is 15.6 Å². The normalized spacial score (nSPS) is 22.6. The standard InChI is InChI=1S/C20H25N3OS/c1-13(22-18(24)16-12-20(16)8-10-21-11-9-20)17-14(2)23-19(25-17)15-6-4-3-5-7-15/h3-7,13,16,21H,8-12H2,1-2H3,(H,22,24). The Labute approximate surface area is 153 Å². The summed E-state index contributed by atoms with van der Waals surface area (Å²) < 4.78 is 0. The van der Waals surface area contributed by atoms with E-state index in [-0.39, 0.29) is 23.3 Å². The van der Waals surface area contributed by atoms with E-state index in [9.17, 15) is 4.79 Å². The predicted octanol–water partition coefficient (Wildman–Crippen LogP) is 3.69. The van der Waals surface area contributed by atoms with E-state index in [2.05, 4.69) is 29.7 Å². The molecule has 25 heavy (non-hydrogen) atoms. The molecule has 1 aliphatic heterocycles. The molecular weight excluding hydrogens is 330 g/mol. The smallest absolute Gasteiger partial charge is 0.224 e. The lowest BCUT2D eigenvalue weighted by Crippen LogP contribution is -2.34. The van der Waals surface area contributed by atoms with Crippen LogP contribution < -0.4 is 10.6 Å². The molecule has 4 nitrogen and oxygen atoms in total. The molecule has 1 saturated heterocycles. The highest BCUT2D eigenvalue weighted by Gasteiger charge is 2.57. The molecule has 1 amide bonds. The first kappa shape index (κ1) is 16.7. The quantitative estimate of drug-likeness (QED) is 0.879. The van der Waals surface area contributed by atoms with Gasteiger partial charge in [-0.3, -0.25) is 4.79 Å². The summed E-state index contributed by atoms with van der Waals surface area (Å²) in [5, 5.41) is 7.66. The van der Waals surface area contributed by atoms with Crippen LogP contribution in [-0.4, -0.2) is 24.0 Å². The second-order valence-electron chi connectivity index (χ2n) is 7.43. The Morgan fingerprint density at radius 3 is 2.76 bits per heavy atom. The maximum Gasteiger partial charge on any atom is 0.224 e. The number of piperidine rings is 1. The monoisotopic (exact) mass is 355 g/mol. The fourth-order valence-corrected chi connectivity index (χ4v) is 5.16. The van der Waals surface area contributed by atoms with Crippen LogP contribution in [0, 0.1) is 18.3 Å². The number of aryl methyl sites for hydroxylation is 1. The number of carbonyl (C=O) groups excluding carboxylic acids is 1. The lowest BCUT2D eigenvalue weighted by molar-refractivity contribution is -0.123. The summed E-state index contributed by atoms with van der Waals surface area (Å²) in [6, 6.07) is 10.2. The van der Waals surface area contributed by atoms with Gasteiger partial charge >= 0.3 is 0 Å². The van der Waals surface area contributed by atoms with Crippen LogP contribution in [0.25, 0.3) is 10.6 Å². The van der Waals surface area contributed by atoms with Crippen molar-refractivity contribution in [2.45, 2.75) is 39.2 Å². The van der Waals surface area contributed by atoms with Gasteiger partial charge in [0.15, 0.2) is 0 Å².